The topological polar surface area (TPSA) is 75.3 Å². The van der Waals surface area contributed by atoms with E-state index in [2.05, 4.69) is 5.32 Å². The Balaban J connectivity index is 2.04. The second kappa shape index (κ2) is 6.56. The lowest BCUT2D eigenvalue weighted by Crippen LogP contribution is -2.23. The van der Waals surface area contributed by atoms with Gasteiger partial charge in [0.15, 0.2) is 0 Å². The number of benzene rings is 2. The Bertz CT molecular complexity index is 687. The first-order valence-electron chi connectivity index (χ1n) is 6.13. The van der Waals surface area contributed by atoms with Crippen molar-refractivity contribution in [2.45, 2.75) is 6.54 Å². The second-order valence-electron chi connectivity index (χ2n) is 4.41. The average molecular weight is 321 g/mol. The minimum absolute atomic E-state index is 0.110. The Kier molecular flexibility index (Phi) is 4.77. The average Bonchev–Trinajstić information content (AvgIpc) is 2.47. The number of phenolic OH excluding ortho intramolecular Hbond substituents is 1. The van der Waals surface area contributed by atoms with E-state index in [-0.39, 0.29) is 11.3 Å². The molecule has 108 valence electrons. The highest BCUT2D eigenvalue weighted by molar-refractivity contribution is 7.80. The van der Waals surface area contributed by atoms with E-state index in [1.165, 1.54) is 18.2 Å². The molecule has 0 bridgehead atoms. The number of thiocarbonyl (C=S) groups is 1. The first-order chi connectivity index (χ1) is 9.97. The summed E-state index contributed by atoms with van der Waals surface area (Å²) in [6.45, 7) is 0.322. The Hall–Kier alpha value is -2.11. The normalized spacial score (nSPS) is 10.1. The van der Waals surface area contributed by atoms with Crippen molar-refractivity contribution in [3.63, 3.8) is 0 Å². The van der Waals surface area contributed by atoms with Crippen molar-refractivity contribution in [1.82, 2.24) is 5.32 Å². The summed E-state index contributed by atoms with van der Waals surface area (Å²) in [6.07, 6.45) is 0. The number of carbonyl (C=O) groups is 1. The standard InChI is InChI=1S/C15H13ClN2O2S/c16-11-5-6-13(19)12(7-11)15(20)18-8-9-1-3-10(4-2-9)14(17)21/h1-7,19H,8H2,(H2,17,21)(H,18,20). The molecule has 0 fully saturated rings. The number of halogens is 1. The molecule has 0 unspecified atom stereocenters. The number of hydrogen-bond donors (Lipinski definition) is 3. The molecule has 0 saturated carbocycles. The smallest absolute Gasteiger partial charge is 0.255 e. The molecule has 2 rings (SSSR count). The lowest BCUT2D eigenvalue weighted by atomic mass is 10.1. The summed E-state index contributed by atoms with van der Waals surface area (Å²) < 4.78 is 0. The van der Waals surface area contributed by atoms with E-state index < -0.39 is 5.91 Å². The maximum atomic E-state index is 12.0. The van der Waals surface area contributed by atoms with E-state index in [1.54, 1.807) is 12.1 Å². The Morgan fingerprint density at radius 1 is 1.24 bits per heavy atom. The van der Waals surface area contributed by atoms with Crippen LogP contribution in [0.25, 0.3) is 0 Å². The monoisotopic (exact) mass is 320 g/mol. The lowest BCUT2D eigenvalue weighted by Gasteiger charge is -2.08. The van der Waals surface area contributed by atoms with E-state index >= 15 is 0 Å². The molecule has 4 nitrogen and oxygen atoms in total. The number of hydrogen-bond acceptors (Lipinski definition) is 3. The van der Waals surface area contributed by atoms with Crippen LogP contribution in [0.1, 0.15) is 21.5 Å². The highest BCUT2D eigenvalue weighted by Crippen LogP contribution is 2.21. The molecule has 0 aliphatic heterocycles. The van der Waals surface area contributed by atoms with Crippen molar-refractivity contribution in [3.8, 4) is 5.75 Å². The van der Waals surface area contributed by atoms with Crippen LogP contribution in [0.4, 0.5) is 0 Å². The van der Waals surface area contributed by atoms with Gasteiger partial charge in [0.25, 0.3) is 5.91 Å². The van der Waals surface area contributed by atoms with Crippen molar-refractivity contribution in [3.05, 3.63) is 64.2 Å². The second-order valence-corrected chi connectivity index (χ2v) is 5.28. The van der Waals surface area contributed by atoms with Gasteiger partial charge in [0.05, 0.1) is 5.56 Å². The maximum absolute atomic E-state index is 12.0. The van der Waals surface area contributed by atoms with E-state index in [9.17, 15) is 9.90 Å². The van der Waals surface area contributed by atoms with Crippen LogP contribution in [0, 0.1) is 0 Å². The predicted octanol–water partition coefficient (Wildman–Crippen LogP) is 2.61. The van der Waals surface area contributed by atoms with Gasteiger partial charge in [-0.2, -0.15) is 0 Å². The molecule has 0 radical (unpaired) electrons. The molecule has 0 saturated heterocycles. The highest BCUT2D eigenvalue weighted by atomic mass is 35.5. The zero-order chi connectivity index (χ0) is 15.4. The highest BCUT2D eigenvalue weighted by Gasteiger charge is 2.11. The number of aromatic hydroxyl groups is 1. The van der Waals surface area contributed by atoms with Gasteiger partial charge in [-0.1, -0.05) is 48.1 Å². The number of nitrogens with two attached hydrogens (primary N) is 1. The zero-order valence-corrected chi connectivity index (χ0v) is 12.5. The number of nitrogens with one attached hydrogen (secondary N) is 1. The molecule has 0 aliphatic rings. The summed E-state index contributed by atoms with van der Waals surface area (Å²) >= 11 is 10.7. The van der Waals surface area contributed by atoms with Crippen LogP contribution < -0.4 is 11.1 Å². The van der Waals surface area contributed by atoms with E-state index in [0.717, 1.165) is 11.1 Å². The third-order valence-corrected chi connectivity index (χ3v) is 3.37. The van der Waals surface area contributed by atoms with Gasteiger partial charge in [-0.15, -0.1) is 0 Å². The first kappa shape index (κ1) is 15.3. The summed E-state index contributed by atoms with van der Waals surface area (Å²) in [5.74, 6) is -0.505. The molecule has 0 atom stereocenters. The van der Waals surface area contributed by atoms with Crippen molar-refractivity contribution in [2.24, 2.45) is 5.73 Å². The molecule has 2 aromatic carbocycles. The molecule has 0 heterocycles. The van der Waals surface area contributed by atoms with Gasteiger partial charge in [0, 0.05) is 17.1 Å². The molecule has 4 N–H and O–H groups in total. The molecule has 1 amide bonds. The summed E-state index contributed by atoms with van der Waals surface area (Å²) in [4.78, 5) is 12.3. The van der Waals surface area contributed by atoms with Gasteiger partial charge in [-0.25, -0.2) is 0 Å². The fourth-order valence-electron chi connectivity index (χ4n) is 1.75. The van der Waals surface area contributed by atoms with Crippen molar-refractivity contribution < 1.29 is 9.90 Å². The summed E-state index contributed by atoms with van der Waals surface area (Å²) in [6, 6.07) is 11.6. The van der Waals surface area contributed by atoms with Crippen LogP contribution >= 0.6 is 23.8 Å². The van der Waals surface area contributed by atoms with E-state index in [1.807, 2.05) is 12.1 Å². The number of carbonyl (C=O) groups excluding carboxylic acids is 1. The van der Waals surface area contributed by atoms with Crippen LogP contribution in [0.5, 0.6) is 5.75 Å². The molecule has 0 spiro atoms. The number of amides is 1. The van der Waals surface area contributed by atoms with Crippen molar-refractivity contribution >= 4 is 34.7 Å². The Morgan fingerprint density at radius 3 is 2.52 bits per heavy atom. The Labute approximate surface area is 132 Å². The van der Waals surface area contributed by atoms with Crippen LogP contribution in [0.2, 0.25) is 5.02 Å². The predicted molar refractivity (Wildman–Crippen MR) is 86.6 cm³/mol. The van der Waals surface area contributed by atoms with E-state index in [4.69, 9.17) is 29.6 Å². The van der Waals surface area contributed by atoms with Gasteiger partial charge in [-0.3, -0.25) is 4.79 Å². The zero-order valence-electron chi connectivity index (χ0n) is 11.0. The molecule has 0 aliphatic carbocycles. The SMILES string of the molecule is NC(=S)c1ccc(CNC(=O)c2cc(Cl)ccc2O)cc1. The lowest BCUT2D eigenvalue weighted by molar-refractivity contribution is 0.0948. The summed E-state index contributed by atoms with van der Waals surface area (Å²) in [7, 11) is 0. The summed E-state index contributed by atoms with van der Waals surface area (Å²) in [5.41, 5.74) is 7.32. The Morgan fingerprint density at radius 2 is 1.90 bits per heavy atom. The fraction of sp³-hybridized carbons (Fsp3) is 0.0667. The van der Waals surface area contributed by atoms with Gasteiger partial charge in [0.2, 0.25) is 0 Å². The van der Waals surface area contributed by atoms with E-state index in [0.29, 0.717) is 16.6 Å². The number of rotatable bonds is 4. The third kappa shape index (κ3) is 3.93. The molecule has 6 heteroatoms. The first-order valence-corrected chi connectivity index (χ1v) is 6.91. The largest absolute Gasteiger partial charge is 0.507 e. The summed E-state index contributed by atoms with van der Waals surface area (Å²) in [5, 5.41) is 12.8. The van der Waals surface area contributed by atoms with Crippen molar-refractivity contribution in [2.75, 3.05) is 0 Å². The van der Waals surface area contributed by atoms with Crippen molar-refractivity contribution in [1.29, 1.82) is 0 Å². The fourth-order valence-corrected chi connectivity index (χ4v) is 2.06. The molecular weight excluding hydrogens is 308 g/mol. The minimum atomic E-state index is -0.395. The molecule has 0 aromatic heterocycles. The molecule has 21 heavy (non-hydrogen) atoms. The quantitative estimate of drug-likeness (QED) is 0.757. The van der Waals surface area contributed by atoms with Crippen LogP contribution in [0.3, 0.4) is 0 Å². The number of phenols is 1. The van der Waals surface area contributed by atoms with Crippen LogP contribution in [-0.4, -0.2) is 16.0 Å². The molecular formula is C15H13ClN2O2S. The van der Waals surface area contributed by atoms with Gasteiger partial charge in [-0.05, 0) is 23.8 Å². The van der Waals surface area contributed by atoms with Crippen LogP contribution in [0.15, 0.2) is 42.5 Å². The minimum Gasteiger partial charge on any atom is -0.507 e. The maximum Gasteiger partial charge on any atom is 0.255 e. The molecule has 2 aromatic rings. The van der Waals surface area contributed by atoms with Gasteiger partial charge >= 0.3 is 0 Å². The van der Waals surface area contributed by atoms with Gasteiger partial charge < -0.3 is 16.2 Å². The third-order valence-electron chi connectivity index (χ3n) is 2.89. The van der Waals surface area contributed by atoms with Gasteiger partial charge in [0.1, 0.15) is 10.7 Å². The van der Waals surface area contributed by atoms with Crippen LogP contribution in [-0.2, 0) is 6.54 Å².